The number of hydrogen-bond donors (Lipinski definition) is 0. The molecule has 0 saturated heterocycles. The number of Topliss-reactive ketones (excluding diaryl/α,β-unsaturated/α-hetero) is 1. The van der Waals surface area contributed by atoms with Crippen LogP contribution in [0.1, 0.15) is 15.9 Å². The molecule has 0 atom stereocenters. The summed E-state index contributed by atoms with van der Waals surface area (Å²) in [6.45, 7) is 0. The van der Waals surface area contributed by atoms with Gasteiger partial charge in [-0.15, -0.1) is 0 Å². The zero-order chi connectivity index (χ0) is 14.0. The first-order valence-electron chi connectivity index (χ1n) is 5.40. The molecule has 2 aromatic carbocycles. The number of carbonyl (C=O) groups is 1. The van der Waals surface area contributed by atoms with E-state index in [2.05, 4.69) is 0 Å². The predicted octanol–water partition coefficient (Wildman–Crippen LogP) is 4.70. The first-order chi connectivity index (χ1) is 8.99. The van der Waals surface area contributed by atoms with Gasteiger partial charge in [-0.05, 0) is 30.3 Å². The van der Waals surface area contributed by atoms with Crippen LogP contribution in [0.5, 0.6) is 0 Å². The summed E-state index contributed by atoms with van der Waals surface area (Å²) in [5, 5.41) is 0.535. The summed E-state index contributed by atoms with van der Waals surface area (Å²) < 4.78 is 26.9. The molecule has 0 aliphatic heterocycles. The summed E-state index contributed by atoms with van der Waals surface area (Å²) in [5.41, 5.74) is -0.125. The minimum absolute atomic E-state index is 0.150. The summed E-state index contributed by atoms with van der Waals surface area (Å²) in [7, 11) is 0. The van der Waals surface area contributed by atoms with Gasteiger partial charge >= 0.3 is 0 Å². The van der Waals surface area contributed by atoms with Crippen LogP contribution in [-0.4, -0.2) is 5.78 Å². The van der Waals surface area contributed by atoms with Gasteiger partial charge in [-0.25, -0.2) is 8.78 Å². The standard InChI is InChI=1S/C14H8Cl2F2O/c15-8-4-5-11(16)9(6-8)14(19)7-10-12(17)2-1-3-13(10)18/h1-6H,7H2. The molecule has 0 unspecified atom stereocenters. The minimum Gasteiger partial charge on any atom is -0.294 e. The van der Waals surface area contributed by atoms with Gasteiger partial charge in [-0.3, -0.25) is 4.79 Å². The predicted molar refractivity (Wildman–Crippen MR) is 70.9 cm³/mol. The van der Waals surface area contributed by atoms with Crippen LogP contribution in [0.2, 0.25) is 10.0 Å². The van der Waals surface area contributed by atoms with E-state index in [1.807, 2.05) is 0 Å². The lowest BCUT2D eigenvalue weighted by Gasteiger charge is -2.06. The topological polar surface area (TPSA) is 17.1 Å². The van der Waals surface area contributed by atoms with Gasteiger partial charge in [0.25, 0.3) is 0 Å². The maximum atomic E-state index is 13.5. The fourth-order valence-corrected chi connectivity index (χ4v) is 2.06. The maximum absolute atomic E-state index is 13.5. The summed E-state index contributed by atoms with van der Waals surface area (Å²) in [6.07, 6.45) is -0.404. The molecule has 0 heterocycles. The van der Waals surface area contributed by atoms with Crippen LogP contribution in [0, 0.1) is 11.6 Å². The van der Waals surface area contributed by atoms with Gasteiger partial charge in [-0.1, -0.05) is 29.3 Å². The molecule has 2 rings (SSSR count). The summed E-state index contributed by atoms with van der Waals surface area (Å²) in [5.74, 6) is -2.01. The normalized spacial score (nSPS) is 10.5. The van der Waals surface area contributed by atoms with E-state index in [1.165, 1.54) is 24.3 Å². The Kier molecular flexibility index (Phi) is 4.17. The summed E-state index contributed by atoms with van der Waals surface area (Å²) in [4.78, 5) is 12.0. The Balaban J connectivity index is 2.34. The van der Waals surface area contributed by atoms with Gasteiger partial charge in [0.2, 0.25) is 0 Å². The van der Waals surface area contributed by atoms with Crippen molar-refractivity contribution in [3.63, 3.8) is 0 Å². The average molecular weight is 301 g/mol. The smallest absolute Gasteiger partial charge is 0.169 e. The van der Waals surface area contributed by atoms with Crippen molar-refractivity contribution >= 4 is 29.0 Å². The number of benzene rings is 2. The average Bonchev–Trinajstić information content (AvgIpc) is 2.37. The Morgan fingerprint density at radius 1 is 1.05 bits per heavy atom. The van der Waals surface area contributed by atoms with E-state index in [-0.39, 0.29) is 16.1 Å². The van der Waals surface area contributed by atoms with Crippen LogP contribution in [0.15, 0.2) is 36.4 Å². The third-order valence-corrected chi connectivity index (χ3v) is 3.19. The van der Waals surface area contributed by atoms with E-state index in [0.29, 0.717) is 5.02 Å². The molecule has 0 N–H and O–H groups in total. The largest absolute Gasteiger partial charge is 0.294 e. The second-order valence-corrected chi connectivity index (χ2v) is 4.77. The highest BCUT2D eigenvalue weighted by Crippen LogP contribution is 2.23. The van der Waals surface area contributed by atoms with Crippen molar-refractivity contribution in [3.05, 3.63) is 69.2 Å². The van der Waals surface area contributed by atoms with Gasteiger partial charge in [0.15, 0.2) is 5.78 Å². The molecule has 0 aliphatic carbocycles. The lowest BCUT2D eigenvalue weighted by atomic mass is 10.0. The van der Waals surface area contributed by atoms with E-state index >= 15 is 0 Å². The van der Waals surface area contributed by atoms with Crippen LogP contribution >= 0.6 is 23.2 Å². The van der Waals surface area contributed by atoms with Gasteiger partial charge in [0.05, 0.1) is 5.02 Å². The van der Waals surface area contributed by atoms with Crippen LogP contribution < -0.4 is 0 Å². The maximum Gasteiger partial charge on any atom is 0.169 e. The monoisotopic (exact) mass is 300 g/mol. The molecule has 0 aromatic heterocycles. The number of ketones is 1. The molecule has 0 spiro atoms. The van der Waals surface area contributed by atoms with Gasteiger partial charge in [0.1, 0.15) is 11.6 Å². The molecule has 0 aliphatic rings. The first-order valence-corrected chi connectivity index (χ1v) is 6.16. The summed E-state index contributed by atoms with van der Waals surface area (Å²) in [6, 6.07) is 7.83. The van der Waals surface area contributed by atoms with Crippen molar-refractivity contribution in [1.82, 2.24) is 0 Å². The molecule has 0 radical (unpaired) electrons. The Bertz CT molecular complexity index is 621. The molecule has 0 amide bonds. The Hall–Kier alpha value is -1.45. The quantitative estimate of drug-likeness (QED) is 0.751. The van der Waals surface area contributed by atoms with Crippen molar-refractivity contribution in [2.75, 3.05) is 0 Å². The van der Waals surface area contributed by atoms with Gasteiger partial charge < -0.3 is 0 Å². The molecule has 5 heteroatoms. The minimum atomic E-state index is -0.758. The summed E-state index contributed by atoms with van der Waals surface area (Å²) >= 11 is 11.6. The number of hydrogen-bond acceptors (Lipinski definition) is 1. The Morgan fingerprint density at radius 2 is 1.68 bits per heavy atom. The van der Waals surface area contributed by atoms with Crippen LogP contribution in [0.3, 0.4) is 0 Å². The second kappa shape index (κ2) is 5.68. The van der Waals surface area contributed by atoms with E-state index in [9.17, 15) is 13.6 Å². The third-order valence-electron chi connectivity index (χ3n) is 2.63. The van der Waals surface area contributed by atoms with Crippen LogP contribution in [0.4, 0.5) is 8.78 Å². The fraction of sp³-hybridized carbons (Fsp3) is 0.0714. The number of halogens is 4. The molecule has 1 nitrogen and oxygen atoms in total. The zero-order valence-corrected chi connectivity index (χ0v) is 11.1. The highest BCUT2D eigenvalue weighted by molar-refractivity contribution is 6.35. The third kappa shape index (κ3) is 3.11. The number of rotatable bonds is 3. The van der Waals surface area contributed by atoms with Gasteiger partial charge in [-0.2, -0.15) is 0 Å². The van der Waals surface area contributed by atoms with Crippen molar-refractivity contribution in [3.8, 4) is 0 Å². The highest BCUT2D eigenvalue weighted by atomic mass is 35.5. The Labute approximate surface area is 118 Å². The van der Waals surface area contributed by atoms with Crippen LogP contribution in [-0.2, 0) is 6.42 Å². The van der Waals surface area contributed by atoms with Gasteiger partial charge in [0, 0.05) is 22.6 Å². The molecule has 0 bridgehead atoms. The molecule has 2 aromatic rings. The Morgan fingerprint density at radius 3 is 2.32 bits per heavy atom. The number of carbonyl (C=O) groups excluding carboxylic acids is 1. The van der Waals surface area contributed by atoms with E-state index in [0.717, 1.165) is 12.1 Å². The molecular weight excluding hydrogens is 293 g/mol. The molecule has 98 valence electrons. The zero-order valence-electron chi connectivity index (χ0n) is 9.59. The molecule has 19 heavy (non-hydrogen) atoms. The lowest BCUT2D eigenvalue weighted by Crippen LogP contribution is -2.08. The van der Waals surface area contributed by atoms with Crippen molar-refractivity contribution < 1.29 is 13.6 Å². The van der Waals surface area contributed by atoms with E-state index < -0.39 is 23.8 Å². The molecule has 0 fully saturated rings. The highest BCUT2D eigenvalue weighted by Gasteiger charge is 2.16. The first kappa shape index (κ1) is 14.0. The van der Waals surface area contributed by atoms with Crippen LogP contribution in [0.25, 0.3) is 0 Å². The van der Waals surface area contributed by atoms with Crippen molar-refractivity contribution in [2.24, 2.45) is 0 Å². The lowest BCUT2D eigenvalue weighted by molar-refractivity contribution is 0.0990. The van der Waals surface area contributed by atoms with Crippen molar-refractivity contribution in [2.45, 2.75) is 6.42 Å². The SMILES string of the molecule is O=C(Cc1c(F)cccc1F)c1cc(Cl)ccc1Cl. The second-order valence-electron chi connectivity index (χ2n) is 3.92. The van der Waals surface area contributed by atoms with E-state index in [1.54, 1.807) is 0 Å². The molecule has 0 saturated carbocycles. The van der Waals surface area contributed by atoms with E-state index in [4.69, 9.17) is 23.2 Å². The molecular formula is C14H8Cl2F2O. The fourth-order valence-electron chi connectivity index (χ4n) is 1.67. The van der Waals surface area contributed by atoms with Crippen molar-refractivity contribution in [1.29, 1.82) is 0 Å².